The van der Waals surface area contributed by atoms with Gasteiger partial charge in [-0.15, -0.1) is 0 Å². The fourth-order valence-corrected chi connectivity index (χ4v) is 1.92. The van der Waals surface area contributed by atoms with Crippen LogP contribution in [0.15, 0.2) is 18.2 Å². The number of ketones is 1. The van der Waals surface area contributed by atoms with Gasteiger partial charge in [-0.2, -0.15) is 0 Å². The van der Waals surface area contributed by atoms with Crippen LogP contribution in [0.2, 0.25) is 0 Å². The van der Waals surface area contributed by atoms with Crippen molar-refractivity contribution in [3.63, 3.8) is 0 Å². The molecule has 0 saturated carbocycles. The van der Waals surface area contributed by atoms with Gasteiger partial charge < -0.3 is 9.84 Å². The predicted molar refractivity (Wildman–Crippen MR) is 75.6 cm³/mol. The fraction of sp³-hybridized carbons (Fsp3) is 0.533. The van der Waals surface area contributed by atoms with Crippen LogP contribution in [0.3, 0.4) is 0 Å². The normalized spacial score (nSPS) is 12.7. The molecule has 1 aromatic carbocycles. The number of nitrogens with zero attached hydrogens (tertiary/aromatic N) is 1. The Morgan fingerprint density at radius 1 is 1.37 bits per heavy atom. The minimum atomic E-state index is -0.567. The third-order valence-electron chi connectivity index (χ3n) is 3.12. The zero-order valence-corrected chi connectivity index (χ0v) is 12.1. The van der Waals surface area contributed by atoms with Gasteiger partial charge in [-0.1, -0.05) is 12.1 Å². The second-order valence-electron chi connectivity index (χ2n) is 5.03. The van der Waals surface area contributed by atoms with Gasteiger partial charge in [0.1, 0.15) is 0 Å². The number of hydrogen-bond acceptors (Lipinski definition) is 4. The van der Waals surface area contributed by atoms with Crippen molar-refractivity contribution in [3.8, 4) is 0 Å². The number of ether oxygens (including phenoxy) is 1. The average Bonchev–Trinajstić information content (AvgIpc) is 2.32. The van der Waals surface area contributed by atoms with Gasteiger partial charge >= 0.3 is 0 Å². The van der Waals surface area contributed by atoms with E-state index in [0.717, 1.165) is 11.1 Å². The number of hydrogen-bond donors (Lipinski definition) is 1. The van der Waals surface area contributed by atoms with Gasteiger partial charge in [-0.3, -0.25) is 9.69 Å². The summed E-state index contributed by atoms with van der Waals surface area (Å²) in [4.78, 5) is 13.9. The molecule has 19 heavy (non-hydrogen) atoms. The highest BCUT2D eigenvalue weighted by atomic mass is 16.5. The molecule has 0 heterocycles. The van der Waals surface area contributed by atoms with Crippen molar-refractivity contribution in [2.75, 3.05) is 33.9 Å². The van der Waals surface area contributed by atoms with Crippen molar-refractivity contribution in [1.82, 2.24) is 4.90 Å². The van der Waals surface area contributed by atoms with E-state index in [9.17, 15) is 9.90 Å². The first-order chi connectivity index (χ1) is 8.93. The van der Waals surface area contributed by atoms with E-state index in [0.29, 0.717) is 13.1 Å². The smallest absolute Gasteiger partial charge is 0.176 e. The highest BCUT2D eigenvalue weighted by molar-refractivity contribution is 5.97. The zero-order valence-electron chi connectivity index (χ0n) is 12.1. The molecule has 1 atom stereocenters. The molecule has 4 heteroatoms. The van der Waals surface area contributed by atoms with E-state index in [-0.39, 0.29) is 12.4 Å². The van der Waals surface area contributed by atoms with E-state index in [1.807, 2.05) is 39.1 Å². The number of Topliss-reactive ketones (excluding diaryl/α,β-unsaturated/α-hetero) is 1. The second-order valence-corrected chi connectivity index (χ2v) is 5.03. The first-order valence-corrected chi connectivity index (χ1v) is 6.40. The van der Waals surface area contributed by atoms with E-state index < -0.39 is 6.10 Å². The molecule has 0 aliphatic rings. The number of benzene rings is 1. The topological polar surface area (TPSA) is 49.8 Å². The maximum Gasteiger partial charge on any atom is 0.176 e. The number of aryl methyl sites for hydroxylation is 2. The maximum absolute atomic E-state index is 12.1. The number of methoxy groups -OCH3 is 1. The lowest BCUT2D eigenvalue weighted by Gasteiger charge is -2.19. The van der Waals surface area contributed by atoms with E-state index in [1.165, 1.54) is 5.56 Å². The van der Waals surface area contributed by atoms with E-state index >= 15 is 0 Å². The van der Waals surface area contributed by atoms with Crippen molar-refractivity contribution < 1.29 is 14.6 Å². The van der Waals surface area contributed by atoms with Crippen LogP contribution in [-0.2, 0) is 4.74 Å². The predicted octanol–water partition coefficient (Wildman–Crippen LogP) is 1.43. The summed E-state index contributed by atoms with van der Waals surface area (Å²) in [6.45, 7) is 5.02. The van der Waals surface area contributed by atoms with Gasteiger partial charge in [0.25, 0.3) is 0 Å². The molecule has 0 spiro atoms. The monoisotopic (exact) mass is 265 g/mol. The van der Waals surface area contributed by atoms with Gasteiger partial charge in [0.05, 0.1) is 19.3 Å². The van der Waals surface area contributed by atoms with Gasteiger partial charge in [-0.05, 0) is 38.1 Å². The van der Waals surface area contributed by atoms with Crippen LogP contribution in [0.4, 0.5) is 0 Å². The highest BCUT2D eigenvalue weighted by Gasteiger charge is 2.13. The quantitative estimate of drug-likeness (QED) is 0.758. The van der Waals surface area contributed by atoms with Gasteiger partial charge in [0, 0.05) is 19.2 Å². The van der Waals surface area contributed by atoms with Crippen LogP contribution in [0.5, 0.6) is 0 Å². The molecule has 0 aromatic heterocycles. The lowest BCUT2D eigenvalue weighted by molar-refractivity contribution is 0.0427. The molecule has 0 aliphatic heterocycles. The molecule has 106 valence electrons. The van der Waals surface area contributed by atoms with Crippen molar-refractivity contribution in [2.24, 2.45) is 0 Å². The summed E-state index contributed by atoms with van der Waals surface area (Å²) in [5, 5.41) is 9.61. The number of rotatable bonds is 7. The standard InChI is InChI=1S/C15H23NO3/c1-11-5-6-13(7-12(11)2)15(18)9-16(3)8-14(17)10-19-4/h5-7,14,17H,8-10H2,1-4H3. The van der Waals surface area contributed by atoms with Gasteiger partial charge in [0.15, 0.2) is 5.78 Å². The minimum Gasteiger partial charge on any atom is -0.389 e. The largest absolute Gasteiger partial charge is 0.389 e. The van der Waals surface area contributed by atoms with Crippen LogP contribution in [-0.4, -0.2) is 55.7 Å². The zero-order chi connectivity index (χ0) is 14.4. The Hall–Kier alpha value is -1.23. The van der Waals surface area contributed by atoms with Crippen molar-refractivity contribution >= 4 is 5.78 Å². The lowest BCUT2D eigenvalue weighted by atomic mass is 10.0. The van der Waals surface area contributed by atoms with Gasteiger partial charge in [-0.25, -0.2) is 0 Å². The SMILES string of the molecule is COCC(O)CN(C)CC(=O)c1ccc(C)c(C)c1. The van der Waals surface area contributed by atoms with Crippen molar-refractivity contribution in [3.05, 3.63) is 34.9 Å². The summed E-state index contributed by atoms with van der Waals surface area (Å²) in [6.07, 6.45) is -0.567. The molecule has 1 unspecified atom stereocenters. The van der Waals surface area contributed by atoms with Gasteiger partial charge in [0.2, 0.25) is 0 Å². The molecular weight excluding hydrogens is 242 g/mol. The number of carbonyl (C=O) groups is 1. The maximum atomic E-state index is 12.1. The Balaban J connectivity index is 2.56. The highest BCUT2D eigenvalue weighted by Crippen LogP contribution is 2.10. The summed E-state index contributed by atoms with van der Waals surface area (Å²) in [6, 6.07) is 5.73. The Bertz CT molecular complexity index is 431. The first-order valence-electron chi connectivity index (χ1n) is 6.40. The third kappa shape index (κ3) is 5.11. The Morgan fingerprint density at radius 2 is 2.05 bits per heavy atom. The molecule has 0 bridgehead atoms. The van der Waals surface area contributed by atoms with Crippen LogP contribution in [0, 0.1) is 13.8 Å². The Kier molecular flexibility index (Phi) is 6.15. The molecule has 0 saturated heterocycles. The molecule has 1 aromatic rings. The number of carbonyl (C=O) groups excluding carboxylic acids is 1. The van der Waals surface area contributed by atoms with E-state index in [1.54, 1.807) is 12.0 Å². The molecule has 1 N–H and O–H groups in total. The number of aliphatic hydroxyl groups is 1. The second kappa shape index (κ2) is 7.38. The van der Waals surface area contributed by atoms with Crippen molar-refractivity contribution in [2.45, 2.75) is 20.0 Å². The van der Waals surface area contributed by atoms with E-state index in [4.69, 9.17) is 4.74 Å². The van der Waals surface area contributed by atoms with Crippen LogP contribution in [0.1, 0.15) is 21.5 Å². The summed E-state index contributed by atoms with van der Waals surface area (Å²) in [5.74, 6) is 0.0650. The molecule has 0 aliphatic carbocycles. The lowest BCUT2D eigenvalue weighted by Crippen LogP contribution is -2.35. The fourth-order valence-electron chi connectivity index (χ4n) is 1.92. The van der Waals surface area contributed by atoms with Crippen molar-refractivity contribution in [1.29, 1.82) is 0 Å². The van der Waals surface area contributed by atoms with E-state index in [2.05, 4.69) is 0 Å². The van der Waals surface area contributed by atoms with Crippen LogP contribution < -0.4 is 0 Å². The average molecular weight is 265 g/mol. The summed E-state index contributed by atoms with van der Waals surface area (Å²) >= 11 is 0. The molecule has 1 rings (SSSR count). The first kappa shape index (κ1) is 15.8. The molecule has 0 radical (unpaired) electrons. The molecule has 0 fully saturated rings. The Morgan fingerprint density at radius 3 is 2.63 bits per heavy atom. The molecule has 4 nitrogen and oxygen atoms in total. The third-order valence-corrected chi connectivity index (χ3v) is 3.12. The Labute approximate surface area is 115 Å². The molecular formula is C15H23NO3. The van der Waals surface area contributed by atoms with Crippen LogP contribution >= 0.6 is 0 Å². The summed E-state index contributed by atoms with van der Waals surface area (Å²) in [7, 11) is 3.36. The molecule has 0 amide bonds. The van der Waals surface area contributed by atoms with Crippen LogP contribution in [0.25, 0.3) is 0 Å². The number of likely N-dealkylation sites (N-methyl/N-ethyl adjacent to an activating group) is 1. The summed E-state index contributed by atoms with van der Waals surface area (Å²) < 4.78 is 4.86. The minimum absolute atomic E-state index is 0.0650. The number of aliphatic hydroxyl groups excluding tert-OH is 1. The summed E-state index contributed by atoms with van der Waals surface area (Å²) in [5.41, 5.74) is 3.02.